The predicted molar refractivity (Wildman–Crippen MR) is 85.4 cm³/mol. The largest absolute Gasteiger partial charge is 0.466 e. The molecule has 0 saturated heterocycles. The third-order valence-corrected chi connectivity index (χ3v) is 3.43. The molecule has 0 heterocycles. The molecule has 6 nitrogen and oxygen atoms in total. The van der Waals surface area contributed by atoms with E-state index in [1.54, 1.807) is 6.92 Å². The van der Waals surface area contributed by atoms with Crippen molar-refractivity contribution in [3.05, 3.63) is 6.92 Å². The Morgan fingerprint density at radius 2 is 1.70 bits per heavy atom. The van der Waals surface area contributed by atoms with Gasteiger partial charge >= 0.3 is 17.9 Å². The quantitative estimate of drug-likeness (QED) is 0.311. The van der Waals surface area contributed by atoms with Crippen molar-refractivity contribution in [1.29, 1.82) is 0 Å². The number of hydrogen-bond acceptors (Lipinski definition) is 6. The third kappa shape index (κ3) is 9.92. The van der Waals surface area contributed by atoms with Gasteiger partial charge in [-0.25, -0.2) is 0 Å². The van der Waals surface area contributed by atoms with Crippen LogP contribution >= 0.6 is 0 Å². The van der Waals surface area contributed by atoms with E-state index in [2.05, 4.69) is 6.92 Å². The smallest absolute Gasteiger partial charge is 0.306 e. The molecular weight excluding hydrogens is 300 g/mol. The first-order valence-electron chi connectivity index (χ1n) is 8.19. The van der Waals surface area contributed by atoms with Crippen molar-refractivity contribution in [2.45, 2.75) is 71.3 Å². The Morgan fingerprint density at radius 1 is 1.00 bits per heavy atom. The maximum absolute atomic E-state index is 11.7. The van der Waals surface area contributed by atoms with Gasteiger partial charge in [-0.2, -0.15) is 0 Å². The van der Waals surface area contributed by atoms with Crippen LogP contribution in [-0.2, 0) is 28.6 Å². The first-order valence-corrected chi connectivity index (χ1v) is 8.19. The Kier molecular flexibility index (Phi) is 11.1. The monoisotopic (exact) mass is 329 g/mol. The molecule has 0 N–H and O–H groups in total. The van der Waals surface area contributed by atoms with Crippen LogP contribution in [-0.4, -0.2) is 36.7 Å². The maximum Gasteiger partial charge on any atom is 0.306 e. The zero-order valence-corrected chi connectivity index (χ0v) is 14.5. The molecule has 6 heteroatoms. The summed E-state index contributed by atoms with van der Waals surface area (Å²) < 4.78 is 15.6. The van der Waals surface area contributed by atoms with Crippen molar-refractivity contribution in [2.75, 3.05) is 13.2 Å². The van der Waals surface area contributed by atoms with Gasteiger partial charge in [-0.3, -0.25) is 14.4 Å². The minimum atomic E-state index is -0.792. The summed E-state index contributed by atoms with van der Waals surface area (Å²) in [6.07, 6.45) is 3.17. The van der Waals surface area contributed by atoms with Crippen LogP contribution in [0.15, 0.2) is 0 Å². The molecule has 0 spiro atoms. The van der Waals surface area contributed by atoms with E-state index in [0.717, 1.165) is 6.42 Å². The van der Waals surface area contributed by atoms with Crippen molar-refractivity contribution >= 4 is 17.9 Å². The Hall–Kier alpha value is -1.59. The molecule has 0 bridgehead atoms. The highest BCUT2D eigenvalue weighted by Crippen LogP contribution is 2.27. The molecule has 0 aromatic heterocycles. The Labute approximate surface area is 138 Å². The van der Waals surface area contributed by atoms with Crippen molar-refractivity contribution in [2.24, 2.45) is 0 Å². The normalized spacial score (nSPS) is 13.0. The molecule has 0 aromatic rings. The van der Waals surface area contributed by atoms with E-state index in [-0.39, 0.29) is 37.5 Å². The summed E-state index contributed by atoms with van der Waals surface area (Å²) in [7, 11) is 0. The van der Waals surface area contributed by atoms with Gasteiger partial charge in [-0.05, 0) is 32.6 Å². The zero-order valence-electron chi connectivity index (χ0n) is 14.5. The molecule has 0 aliphatic carbocycles. The van der Waals surface area contributed by atoms with Crippen molar-refractivity contribution in [3.63, 3.8) is 0 Å². The van der Waals surface area contributed by atoms with Gasteiger partial charge in [0.2, 0.25) is 0 Å². The summed E-state index contributed by atoms with van der Waals surface area (Å²) in [6.45, 7) is 9.27. The van der Waals surface area contributed by atoms with Crippen LogP contribution in [0.25, 0.3) is 0 Å². The molecule has 1 unspecified atom stereocenters. The van der Waals surface area contributed by atoms with Crippen LogP contribution in [0.1, 0.15) is 65.7 Å². The highest BCUT2D eigenvalue weighted by Gasteiger charge is 2.32. The Morgan fingerprint density at radius 3 is 2.22 bits per heavy atom. The number of ether oxygens (including phenoxy) is 3. The first-order chi connectivity index (χ1) is 10.9. The van der Waals surface area contributed by atoms with Gasteiger partial charge in [0.05, 0.1) is 13.2 Å². The van der Waals surface area contributed by atoms with Crippen LogP contribution in [0.5, 0.6) is 0 Å². The van der Waals surface area contributed by atoms with E-state index < -0.39 is 5.60 Å². The number of rotatable bonds is 12. The van der Waals surface area contributed by atoms with Crippen molar-refractivity contribution in [3.8, 4) is 0 Å². The maximum atomic E-state index is 11.7. The van der Waals surface area contributed by atoms with Gasteiger partial charge < -0.3 is 14.2 Å². The fourth-order valence-corrected chi connectivity index (χ4v) is 2.08. The summed E-state index contributed by atoms with van der Waals surface area (Å²) in [5.41, 5.74) is -0.792. The molecule has 0 rings (SSSR count). The van der Waals surface area contributed by atoms with Gasteiger partial charge in [-0.1, -0.05) is 13.8 Å². The molecule has 1 radical (unpaired) electrons. The molecule has 0 aliphatic rings. The van der Waals surface area contributed by atoms with E-state index in [9.17, 15) is 14.4 Å². The number of carbonyl (C=O) groups excluding carboxylic acids is 3. The van der Waals surface area contributed by atoms with Gasteiger partial charge in [0.25, 0.3) is 0 Å². The second kappa shape index (κ2) is 11.9. The minimum absolute atomic E-state index is 0.179. The fraction of sp³-hybridized carbons (Fsp3) is 0.765. The zero-order chi connectivity index (χ0) is 17.7. The predicted octanol–water partition coefficient (Wildman–Crippen LogP) is 2.98. The summed E-state index contributed by atoms with van der Waals surface area (Å²) >= 11 is 0. The molecule has 0 fully saturated rings. The molecular formula is C17H29O6. The third-order valence-electron chi connectivity index (χ3n) is 3.43. The minimum Gasteiger partial charge on any atom is -0.466 e. The first kappa shape index (κ1) is 21.4. The van der Waals surface area contributed by atoms with Crippen molar-refractivity contribution in [1.82, 2.24) is 0 Å². The average Bonchev–Trinajstić information content (AvgIpc) is 2.51. The van der Waals surface area contributed by atoms with Crippen LogP contribution in [0.4, 0.5) is 0 Å². The molecule has 0 saturated carbocycles. The summed E-state index contributed by atoms with van der Waals surface area (Å²) in [5.74, 6) is -0.919. The molecule has 23 heavy (non-hydrogen) atoms. The van der Waals surface area contributed by atoms with Gasteiger partial charge in [0, 0.05) is 26.2 Å². The van der Waals surface area contributed by atoms with E-state index in [4.69, 9.17) is 14.2 Å². The molecule has 0 amide bonds. The van der Waals surface area contributed by atoms with Gasteiger partial charge in [0.1, 0.15) is 5.60 Å². The van der Waals surface area contributed by atoms with Crippen LogP contribution in [0.3, 0.4) is 0 Å². The van der Waals surface area contributed by atoms with E-state index in [1.807, 2.05) is 6.92 Å². The fourth-order valence-electron chi connectivity index (χ4n) is 2.08. The van der Waals surface area contributed by atoms with Crippen LogP contribution in [0, 0.1) is 6.92 Å². The lowest BCUT2D eigenvalue weighted by atomic mass is 9.91. The standard InChI is InChI=1S/C17H29O6/c1-5-9-16(20)22-13-11-17(7-3,23-15(19)6-2)10-8-12-21-14(4)18/h3,5-13H2,1-2,4H3. The average molecular weight is 329 g/mol. The Bertz CT molecular complexity index is 379. The van der Waals surface area contributed by atoms with Gasteiger partial charge in [-0.15, -0.1) is 0 Å². The highest BCUT2D eigenvalue weighted by molar-refractivity contribution is 5.70. The van der Waals surface area contributed by atoms with Crippen LogP contribution < -0.4 is 0 Å². The SMILES string of the molecule is [CH2]CC(CCCOC(C)=O)(CCOC(=O)CCC)OC(=O)CC. The molecule has 0 aliphatic heterocycles. The lowest BCUT2D eigenvalue weighted by molar-refractivity contribution is -0.164. The molecule has 133 valence electrons. The van der Waals surface area contributed by atoms with Crippen LogP contribution in [0.2, 0.25) is 0 Å². The van der Waals surface area contributed by atoms with Gasteiger partial charge in [0.15, 0.2) is 0 Å². The molecule has 1 atom stereocenters. The Balaban J connectivity index is 4.58. The second-order valence-electron chi connectivity index (χ2n) is 5.42. The highest BCUT2D eigenvalue weighted by atomic mass is 16.6. The summed E-state index contributed by atoms with van der Waals surface area (Å²) in [6, 6.07) is 0. The lowest BCUT2D eigenvalue weighted by Crippen LogP contribution is -2.36. The number of hydrogen-bond donors (Lipinski definition) is 0. The van der Waals surface area contributed by atoms with E-state index in [1.165, 1.54) is 6.92 Å². The lowest BCUT2D eigenvalue weighted by Gasteiger charge is -2.32. The van der Waals surface area contributed by atoms with E-state index >= 15 is 0 Å². The second-order valence-corrected chi connectivity index (χ2v) is 5.42. The van der Waals surface area contributed by atoms with Crippen molar-refractivity contribution < 1.29 is 28.6 Å². The summed E-state index contributed by atoms with van der Waals surface area (Å²) in [4.78, 5) is 33.9. The topological polar surface area (TPSA) is 78.9 Å². The number of esters is 3. The summed E-state index contributed by atoms with van der Waals surface area (Å²) in [5, 5.41) is 0. The number of carbonyl (C=O) groups is 3. The molecule has 0 aromatic carbocycles. The van der Waals surface area contributed by atoms with E-state index in [0.29, 0.717) is 32.1 Å².